The van der Waals surface area contributed by atoms with Crippen molar-refractivity contribution < 1.29 is 14.2 Å². The van der Waals surface area contributed by atoms with Gasteiger partial charge in [-0.25, -0.2) is 15.0 Å². The number of rotatable bonds is 12. The van der Waals surface area contributed by atoms with Crippen LogP contribution in [0.5, 0.6) is 0 Å². The lowest BCUT2D eigenvalue weighted by Crippen LogP contribution is -2.29. The van der Waals surface area contributed by atoms with Crippen molar-refractivity contribution in [3.8, 4) is 0 Å². The zero-order chi connectivity index (χ0) is 56.4. The van der Waals surface area contributed by atoms with Crippen LogP contribution in [0.2, 0.25) is 0 Å². The summed E-state index contributed by atoms with van der Waals surface area (Å²) in [7, 11) is 2.09. The summed E-state index contributed by atoms with van der Waals surface area (Å²) in [5.41, 5.74) is 9.32. The molecule has 6 aliphatic heterocycles. The maximum absolute atomic E-state index is 5.78. The molecule has 6 aliphatic rings. The Labute approximate surface area is 488 Å². The predicted molar refractivity (Wildman–Crippen MR) is 336 cm³/mol. The number of likely N-dealkylation sites (N-methyl/N-ethyl adjacent to an activating group) is 1. The summed E-state index contributed by atoms with van der Waals surface area (Å²) < 4.78 is 16.9. The van der Waals surface area contributed by atoms with Gasteiger partial charge in [0, 0.05) is 134 Å². The van der Waals surface area contributed by atoms with Gasteiger partial charge < -0.3 is 45.7 Å². The van der Waals surface area contributed by atoms with Crippen molar-refractivity contribution in [2.24, 2.45) is 26.8 Å². The Bertz CT molecular complexity index is 3720. The summed E-state index contributed by atoms with van der Waals surface area (Å²) in [6, 6.07) is 37.2. The van der Waals surface area contributed by atoms with E-state index in [1.807, 2.05) is 73.6 Å². The lowest BCUT2D eigenvalue weighted by molar-refractivity contribution is 0.0594. The minimum absolute atomic E-state index is 0.302. The third-order valence-electron chi connectivity index (χ3n) is 16.1. The predicted octanol–water partition coefficient (Wildman–Crippen LogP) is 11.3. The van der Waals surface area contributed by atoms with Crippen molar-refractivity contribution in [1.29, 1.82) is 0 Å². The first-order chi connectivity index (χ1) is 41.5. The molecule has 5 N–H and O–H groups in total. The second-order valence-electron chi connectivity index (χ2n) is 22.1. The van der Waals surface area contributed by atoms with Crippen LogP contribution in [-0.4, -0.2) is 113 Å². The monoisotopic (exact) mass is 1120 g/mol. The van der Waals surface area contributed by atoms with Crippen molar-refractivity contribution in [3.63, 3.8) is 0 Å². The first-order valence-corrected chi connectivity index (χ1v) is 29.4. The summed E-state index contributed by atoms with van der Waals surface area (Å²) in [4.78, 5) is 43.0. The van der Waals surface area contributed by atoms with Gasteiger partial charge in [-0.2, -0.15) is 0 Å². The van der Waals surface area contributed by atoms with E-state index in [1.54, 1.807) is 0 Å². The molecule has 0 aliphatic carbocycles. The molecule has 3 aromatic carbocycles. The number of nitrogens with one attached hydrogen (secondary N) is 5. The summed E-state index contributed by atoms with van der Waals surface area (Å²) in [6.07, 6.45) is 18.3. The highest BCUT2D eigenvalue weighted by molar-refractivity contribution is 6.12. The number of anilines is 6. The number of aromatic nitrogens is 6. The standard InChI is InChI=1S/3C22H23N5O/c1-27(14-18-5-3-11-28-18)22-19-7-6-17(12-15(19)8-10-24-22)26-21-20-16(13-25-21)4-2-9-23-20;1-4-19-20(23-8-1)13-26-22(19)27-17-5-6-18-16(11-17)7-9-24-21(18)25-12-15-3-2-10-28-14-15;1-4-17-13-26-22(20(17)23-8-1)27-18-5-6-19-16(11-18)7-9-24-21(19)25-12-15-3-2-10-28-14-15/h2,4,6-10,12,18H,3,5,11,13-14H2,1H3,(H,25,26);2*1,4-9,11,15H,2-3,10,12-14H2,(H,24,25)(H,26,27). The number of amidine groups is 3. The largest absolute Gasteiger partial charge is 0.381 e. The first-order valence-electron chi connectivity index (χ1n) is 29.4. The molecule has 0 amide bonds. The summed E-state index contributed by atoms with van der Waals surface area (Å²) in [6.45, 7) is 8.99. The van der Waals surface area contributed by atoms with E-state index in [0.717, 1.165) is 196 Å². The third-order valence-corrected chi connectivity index (χ3v) is 16.1. The van der Waals surface area contributed by atoms with Gasteiger partial charge in [-0.1, -0.05) is 12.1 Å². The summed E-state index contributed by atoms with van der Waals surface area (Å²) in [5, 5.41) is 24.2. The maximum atomic E-state index is 5.78. The Balaban J connectivity index is 0.000000118. The van der Waals surface area contributed by atoms with E-state index < -0.39 is 0 Å². The second-order valence-corrected chi connectivity index (χ2v) is 22.1. The average Bonchev–Trinajstić information content (AvgIpc) is 4.45. The van der Waals surface area contributed by atoms with E-state index >= 15 is 0 Å². The van der Waals surface area contributed by atoms with Crippen LogP contribution >= 0.6 is 0 Å². The molecule has 6 aromatic heterocycles. The molecular formula is C66H69N15O3. The molecule has 15 rings (SSSR count). The van der Waals surface area contributed by atoms with Crippen LogP contribution in [0, 0.1) is 11.8 Å². The van der Waals surface area contributed by atoms with Crippen molar-refractivity contribution in [1.82, 2.24) is 29.9 Å². The molecule has 3 atom stereocenters. The number of fused-ring (bicyclic) bond motifs is 6. The van der Waals surface area contributed by atoms with Gasteiger partial charge in [0.05, 0.1) is 44.6 Å². The molecule has 12 heterocycles. The highest BCUT2D eigenvalue weighted by Gasteiger charge is 2.23. The molecule has 3 unspecified atom stereocenters. The molecule has 0 saturated carbocycles. The van der Waals surface area contributed by atoms with Gasteiger partial charge in [-0.05, 0) is 164 Å². The molecule has 0 bridgehead atoms. The SMILES string of the molecule is CN(CC1CCCO1)c1nccc2cc(NC3=NCc4cccnc43)ccc12.c1cnc2c(c1)C(Nc1ccc3c(NCC4CCCOC4)nccc3c1)=NC2.c1cnc2c(c1)CN=C2Nc1ccc2c(NCC3CCCOC3)nccc2c1. The Morgan fingerprint density at radius 1 is 0.488 bits per heavy atom. The normalized spacial score (nSPS) is 18.4. The molecular weight excluding hydrogens is 1050 g/mol. The van der Waals surface area contributed by atoms with E-state index in [0.29, 0.717) is 37.6 Å². The molecule has 84 heavy (non-hydrogen) atoms. The second kappa shape index (κ2) is 25.7. The van der Waals surface area contributed by atoms with Crippen LogP contribution in [0.25, 0.3) is 32.3 Å². The van der Waals surface area contributed by atoms with Crippen molar-refractivity contribution in [2.75, 3.05) is 91.2 Å². The van der Waals surface area contributed by atoms with Crippen LogP contribution in [0.4, 0.5) is 34.5 Å². The number of ether oxygens (including phenoxy) is 3. The zero-order valence-corrected chi connectivity index (χ0v) is 47.3. The molecule has 0 spiro atoms. The average molecular weight is 1120 g/mol. The van der Waals surface area contributed by atoms with Gasteiger partial charge in [0.15, 0.2) is 11.7 Å². The van der Waals surface area contributed by atoms with Crippen molar-refractivity contribution in [2.45, 2.75) is 64.3 Å². The van der Waals surface area contributed by atoms with Crippen LogP contribution in [0.3, 0.4) is 0 Å². The van der Waals surface area contributed by atoms with Gasteiger partial charge in [-0.15, -0.1) is 0 Å². The van der Waals surface area contributed by atoms with Crippen LogP contribution in [0.15, 0.2) is 161 Å². The molecule has 18 heteroatoms. The minimum atomic E-state index is 0.302. The van der Waals surface area contributed by atoms with Crippen molar-refractivity contribution >= 4 is 84.3 Å². The van der Waals surface area contributed by atoms with Gasteiger partial charge in [-0.3, -0.25) is 29.9 Å². The lowest BCUT2D eigenvalue weighted by atomic mass is 10.0. The van der Waals surface area contributed by atoms with E-state index in [1.165, 1.54) is 12.8 Å². The van der Waals surface area contributed by atoms with E-state index in [2.05, 4.69) is 156 Å². The summed E-state index contributed by atoms with van der Waals surface area (Å²) in [5.74, 6) is 6.51. The molecule has 3 saturated heterocycles. The Morgan fingerprint density at radius 2 is 1.00 bits per heavy atom. The number of pyridine rings is 6. The number of benzene rings is 3. The fourth-order valence-corrected chi connectivity index (χ4v) is 11.7. The Morgan fingerprint density at radius 3 is 1.56 bits per heavy atom. The topological polar surface area (TPSA) is 206 Å². The number of hydrogen-bond acceptors (Lipinski definition) is 18. The highest BCUT2D eigenvalue weighted by Crippen LogP contribution is 2.31. The van der Waals surface area contributed by atoms with Gasteiger partial charge in [0.2, 0.25) is 0 Å². The first kappa shape index (κ1) is 54.3. The third kappa shape index (κ3) is 12.7. The highest BCUT2D eigenvalue weighted by atomic mass is 16.5. The van der Waals surface area contributed by atoms with Crippen LogP contribution < -0.4 is 31.5 Å². The minimum Gasteiger partial charge on any atom is -0.381 e. The zero-order valence-electron chi connectivity index (χ0n) is 47.3. The molecule has 426 valence electrons. The fraction of sp³-hybridized carbons (Fsp3) is 0.318. The van der Waals surface area contributed by atoms with Crippen LogP contribution in [0.1, 0.15) is 72.3 Å². The van der Waals surface area contributed by atoms with Crippen LogP contribution in [-0.2, 0) is 33.8 Å². The molecule has 0 radical (unpaired) electrons. The van der Waals surface area contributed by atoms with E-state index in [4.69, 9.17) is 14.2 Å². The van der Waals surface area contributed by atoms with E-state index in [9.17, 15) is 0 Å². The maximum Gasteiger partial charge on any atom is 0.152 e. The number of hydrogen-bond donors (Lipinski definition) is 5. The van der Waals surface area contributed by atoms with Gasteiger partial charge in [0.25, 0.3) is 0 Å². The van der Waals surface area contributed by atoms with Gasteiger partial charge in [0.1, 0.15) is 34.7 Å². The summed E-state index contributed by atoms with van der Waals surface area (Å²) >= 11 is 0. The number of aliphatic imine (C=N–C) groups is 3. The quantitative estimate of drug-likeness (QED) is 0.0772. The fourth-order valence-electron chi connectivity index (χ4n) is 11.7. The van der Waals surface area contributed by atoms with Gasteiger partial charge >= 0.3 is 0 Å². The molecule has 9 aromatic rings. The Kier molecular flexibility index (Phi) is 16.6. The molecule has 18 nitrogen and oxygen atoms in total. The molecule has 3 fully saturated rings. The lowest BCUT2D eigenvalue weighted by Gasteiger charge is -2.23. The smallest absolute Gasteiger partial charge is 0.152 e. The van der Waals surface area contributed by atoms with Crippen molar-refractivity contribution in [3.05, 3.63) is 180 Å². The Hall–Kier alpha value is -8.97. The van der Waals surface area contributed by atoms with E-state index in [-0.39, 0.29) is 0 Å². The number of nitrogens with zero attached hydrogens (tertiary/aromatic N) is 10.